The predicted molar refractivity (Wildman–Crippen MR) is 562 cm³/mol. The largest absolute Gasteiger partial charge is 0.453 e. The molecule has 1 aliphatic carbocycles. The highest BCUT2D eigenvalue weighted by molar-refractivity contribution is 6.03. The molecule has 5 aliphatic rings. The molecule has 10 N–H and O–H groups in total. The number of aromatic nitrogens is 2. The minimum absolute atomic E-state index is 0.0107. The van der Waals surface area contributed by atoms with Gasteiger partial charge in [0, 0.05) is 167 Å². The van der Waals surface area contributed by atoms with E-state index in [9.17, 15) is 28.8 Å². The molecule has 6 amide bonds. The van der Waals surface area contributed by atoms with Gasteiger partial charge < -0.3 is 81.3 Å². The van der Waals surface area contributed by atoms with Gasteiger partial charge >= 0.3 is 0 Å². The summed E-state index contributed by atoms with van der Waals surface area (Å²) in [5.74, 6) is 0.312. The Morgan fingerprint density at radius 3 is 0.550 bits per heavy atom. The molecular weight excluding hydrogens is 1760 g/mol. The van der Waals surface area contributed by atoms with Crippen LogP contribution in [0.3, 0.4) is 0 Å². The molecule has 140 heavy (non-hydrogen) atoms. The Labute approximate surface area is 829 Å². The number of carbonyl (C=O) groups excluding carboxylic acids is 6. The molecule has 9 aromatic rings. The van der Waals surface area contributed by atoms with Crippen LogP contribution >= 0.6 is 0 Å². The molecule has 0 saturated heterocycles. The zero-order chi connectivity index (χ0) is 98.6. The molecule has 4 atom stereocenters. The van der Waals surface area contributed by atoms with Crippen molar-refractivity contribution in [2.24, 2.45) is 0 Å². The van der Waals surface area contributed by atoms with Crippen molar-refractivity contribution >= 4 is 92.0 Å². The maximum absolute atomic E-state index is 14.1. The van der Waals surface area contributed by atoms with E-state index in [2.05, 4.69) is 83.9 Å². The van der Waals surface area contributed by atoms with Crippen molar-refractivity contribution in [1.82, 2.24) is 9.97 Å². The monoisotopic (exact) mass is 1910 g/mol. The standard InChI is InChI=1S/C116H152N10O14/c1-11-21-25-29-33-37-41-45-49-53-73-77-57-79-74(54-50-46-42-38-34-30-26-22-12-2)81-59-83-76(56-52-48-44-40-36-32-28-24-14-4)84-60-82-75(55-51-47-43-39-35-31-27-23-13-3)80-58-78(73)96-70-98(80)136-106-66-92(122-112(130)18-8)94(124-114(132)20-10)68-108(106)138-100(82)72-102(84)140-116-115(125-87-61-85(117)86(118)62-88(87)126-116)139-101(83)71-99(81)137-107-67-93(123-113(131)19-9)91(121-111(129)17-7)65-105(107)135-97(79)69-95(77)133-103-63-89(119-109(127)15-5)90(64-104(103)134-96)120-110(128)16-6/h57-76H,11-56,117-118H2,1-10H3,(H,119,127)(H,120,128)(H,121,129)(H,122,130)(H,123,131)(H,124,132)/t73?,74-,75+,76?. The van der Waals surface area contributed by atoms with Crippen molar-refractivity contribution in [3.05, 3.63) is 142 Å². The number of fused-ring (bicyclic) bond motifs is 5. The molecule has 750 valence electrons. The Balaban J connectivity index is 1.16. The van der Waals surface area contributed by atoms with Crippen molar-refractivity contribution < 1.29 is 66.7 Å². The topological polar surface area (TPSA) is 326 Å². The van der Waals surface area contributed by atoms with Gasteiger partial charge in [0.15, 0.2) is 34.5 Å². The highest BCUT2D eigenvalue weighted by Gasteiger charge is 2.41. The van der Waals surface area contributed by atoms with E-state index in [1.165, 1.54) is 77.0 Å². The molecule has 24 nitrogen and oxygen atoms in total. The first-order valence-electron chi connectivity index (χ1n) is 53.6. The molecule has 2 unspecified atom stereocenters. The van der Waals surface area contributed by atoms with Crippen LogP contribution in [0.2, 0.25) is 0 Å². The Bertz CT molecular complexity index is 5500. The van der Waals surface area contributed by atoms with Gasteiger partial charge in [-0.2, -0.15) is 0 Å². The molecule has 0 radical (unpaired) electrons. The van der Waals surface area contributed by atoms with Gasteiger partial charge in [-0.05, 0) is 62.1 Å². The summed E-state index contributed by atoms with van der Waals surface area (Å²) in [7, 11) is 0. The van der Waals surface area contributed by atoms with Crippen molar-refractivity contribution in [2.45, 2.75) is 388 Å². The van der Waals surface area contributed by atoms with Crippen LogP contribution in [-0.4, -0.2) is 45.4 Å². The third kappa shape index (κ3) is 26.6. The summed E-state index contributed by atoms with van der Waals surface area (Å²) in [4.78, 5) is 95.3. The Morgan fingerprint density at radius 1 is 0.214 bits per heavy atom. The number of rotatable bonds is 52. The molecule has 24 heteroatoms. The summed E-state index contributed by atoms with van der Waals surface area (Å²) in [6, 6.07) is 30.9. The molecule has 1 aromatic heterocycles. The molecule has 0 saturated carbocycles. The quantitative estimate of drug-likeness (QED) is 0.0130. The maximum atomic E-state index is 14.1. The number of carbonyl (C=O) groups is 6. The van der Waals surface area contributed by atoms with Gasteiger partial charge in [0.25, 0.3) is 11.8 Å². The van der Waals surface area contributed by atoms with Gasteiger partial charge in [-0.15, -0.1) is 0 Å². The van der Waals surface area contributed by atoms with Crippen LogP contribution in [0.4, 0.5) is 45.5 Å². The average Bonchev–Trinajstić information content (AvgIpc) is 1.63. The Hall–Kier alpha value is -12.1. The number of nitrogen functional groups attached to an aromatic ring is 2. The molecule has 8 bridgehead atoms. The van der Waals surface area contributed by atoms with Crippen LogP contribution in [0.15, 0.2) is 97.1 Å². The van der Waals surface area contributed by atoms with E-state index >= 15 is 0 Å². The van der Waals surface area contributed by atoms with E-state index in [1.807, 2.05) is 24.3 Å². The fourth-order valence-electron chi connectivity index (χ4n) is 20.2. The van der Waals surface area contributed by atoms with Gasteiger partial charge in [-0.3, -0.25) is 28.8 Å². The van der Waals surface area contributed by atoms with Gasteiger partial charge in [0.05, 0.1) is 56.5 Å². The fraction of sp³-hybridized carbons (Fsp3) is 0.517. The summed E-state index contributed by atoms with van der Waals surface area (Å²) in [6.45, 7) is 19.7. The first-order valence-corrected chi connectivity index (χ1v) is 53.6. The third-order valence-corrected chi connectivity index (χ3v) is 28.3. The van der Waals surface area contributed by atoms with E-state index in [0.29, 0.717) is 94.1 Å². The summed E-state index contributed by atoms with van der Waals surface area (Å²) in [5.41, 5.74) is 22.9. The lowest BCUT2D eigenvalue weighted by molar-refractivity contribution is -0.116. The molecule has 4 aliphatic heterocycles. The lowest BCUT2D eigenvalue weighted by atomic mass is 9.76. The van der Waals surface area contributed by atoms with Crippen LogP contribution in [0, 0.1) is 0 Å². The number of amides is 6. The molecule has 0 spiro atoms. The van der Waals surface area contributed by atoms with Crippen LogP contribution in [0.1, 0.15) is 433 Å². The third-order valence-electron chi connectivity index (χ3n) is 28.3. The summed E-state index contributed by atoms with van der Waals surface area (Å²) < 4.78 is 62.4. The SMILES string of the molecule is CCCCCCCCCCCC1c2cc3c4cc2Oc2cc(NC(=O)CC)c(NC(=O)CC)cc2Oc2cc5c(cc21)[C@H](CCCCCCCCCCC)c1cc2c(cc1Oc1cc(NC(=O)CC)c(NC(=O)CC)cc1O5)Oc1nc5cc(N)c(N)cc5nc1Oc1cc(c(cc1C2CCCCCCCCCCC)[C@@H]3CCCCCCCCCCC)Oc1cc(NC(=O)CC)c(NC(=O)CC)cc1O4. The second kappa shape index (κ2) is 51.4. The summed E-state index contributed by atoms with van der Waals surface area (Å²) >= 11 is 0. The number of nitrogens with zero attached hydrogens (tertiary/aromatic N) is 2. The van der Waals surface area contributed by atoms with Crippen LogP contribution in [0.5, 0.6) is 92.3 Å². The first-order chi connectivity index (χ1) is 68.2. The van der Waals surface area contributed by atoms with Gasteiger partial charge in [0.2, 0.25) is 35.4 Å². The number of nitrogens with two attached hydrogens (primary N) is 2. The van der Waals surface area contributed by atoms with Crippen LogP contribution < -0.4 is 81.3 Å². The molecule has 8 aromatic carbocycles. The van der Waals surface area contributed by atoms with Gasteiger partial charge in [0.1, 0.15) is 46.0 Å². The van der Waals surface area contributed by atoms with E-state index in [-0.39, 0.29) is 154 Å². The van der Waals surface area contributed by atoms with E-state index in [4.69, 9.17) is 59.3 Å². The number of benzene rings is 8. The number of hydrogen-bond donors (Lipinski definition) is 8. The molecule has 0 fully saturated rings. The second-order valence-corrected chi connectivity index (χ2v) is 39.0. The lowest BCUT2D eigenvalue weighted by Gasteiger charge is -2.30. The lowest BCUT2D eigenvalue weighted by Crippen LogP contribution is -2.15. The molecule has 5 heterocycles. The smallest absolute Gasteiger partial charge is 0.284 e. The Kier molecular flexibility index (Phi) is 38.1. The van der Waals surface area contributed by atoms with E-state index in [1.54, 1.807) is 90.1 Å². The van der Waals surface area contributed by atoms with Gasteiger partial charge in [-0.1, -0.05) is 300 Å². The maximum Gasteiger partial charge on any atom is 0.284 e. The molecule has 14 rings (SSSR count). The highest BCUT2D eigenvalue weighted by atomic mass is 16.6. The number of anilines is 8. The van der Waals surface area contributed by atoms with Crippen molar-refractivity contribution in [2.75, 3.05) is 43.4 Å². The van der Waals surface area contributed by atoms with Gasteiger partial charge in [-0.25, -0.2) is 9.97 Å². The van der Waals surface area contributed by atoms with Crippen molar-refractivity contribution in [3.8, 4) is 92.3 Å². The normalized spacial score (nSPS) is 14.8. The van der Waals surface area contributed by atoms with Crippen LogP contribution in [0.25, 0.3) is 11.0 Å². The highest BCUT2D eigenvalue weighted by Crippen LogP contribution is 2.61. The minimum Gasteiger partial charge on any atom is -0.453 e. The summed E-state index contributed by atoms with van der Waals surface area (Å²) in [6.07, 6.45) is 41.8. The number of nitrogens with one attached hydrogen (secondary N) is 6. The van der Waals surface area contributed by atoms with Crippen molar-refractivity contribution in [3.63, 3.8) is 0 Å². The number of hydrogen-bond acceptors (Lipinski definition) is 18. The van der Waals surface area contributed by atoms with Crippen LogP contribution in [-0.2, 0) is 28.8 Å². The zero-order valence-electron chi connectivity index (χ0n) is 84.8. The van der Waals surface area contributed by atoms with Crippen molar-refractivity contribution in [1.29, 1.82) is 0 Å². The number of ether oxygens (including phenoxy) is 8. The van der Waals surface area contributed by atoms with E-state index < -0.39 is 23.7 Å². The average molecular weight is 1910 g/mol. The summed E-state index contributed by atoms with van der Waals surface area (Å²) in [5, 5.41) is 18.7. The Morgan fingerprint density at radius 2 is 0.379 bits per heavy atom. The second-order valence-electron chi connectivity index (χ2n) is 39.0. The first kappa shape index (κ1) is 104. The zero-order valence-corrected chi connectivity index (χ0v) is 84.8. The molecular formula is C116H152N10O14. The fourth-order valence-corrected chi connectivity index (χ4v) is 20.2. The minimum atomic E-state index is -0.567. The number of unbranched alkanes of at least 4 members (excludes halogenated alkanes) is 32. The predicted octanol–water partition coefficient (Wildman–Crippen LogP) is 33.0. The van der Waals surface area contributed by atoms with E-state index in [0.717, 1.165) is 199 Å².